The van der Waals surface area contributed by atoms with Crippen LogP contribution in [0.25, 0.3) is 0 Å². The Morgan fingerprint density at radius 1 is 1.19 bits per heavy atom. The van der Waals surface area contributed by atoms with E-state index in [4.69, 9.17) is 9.79 Å². The highest BCUT2D eigenvalue weighted by Gasteiger charge is 2.41. The molecule has 1 rings (SSSR count). The Morgan fingerprint density at radius 3 is 2.06 bits per heavy atom. The molecule has 0 saturated heterocycles. The summed E-state index contributed by atoms with van der Waals surface area (Å²) in [7, 11) is -4.81. The summed E-state index contributed by atoms with van der Waals surface area (Å²) in [6.07, 6.45) is -6.14. The number of halogens is 3. The molecule has 0 heterocycles. The van der Waals surface area contributed by atoms with Crippen LogP contribution in [0.15, 0.2) is 30.3 Å². The van der Waals surface area contributed by atoms with Crippen molar-refractivity contribution in [1.82, 2.24) is 0 Å². The zero-order valence-electron chi connectivity index (χ0n) is 8.05. The summed E-state index contributed by atoms with van der Waals surface area (Å²) in [6.45, 7) is 0. The minimum absolute atomic E-state index is 0.00633. The molecule has 0 aliphatic heterocycles. The molecule has 16 heavy (non-hydrogen) atoms. The Bertz CT molecular complexity index is 385. The van der Waals surface area contributed by atoms with Crippen molar-refractivity contribution in [2.24, 2.45) is 0 Å². The van der Waals surface area contributed by atoms with Gasteiger partial charge in [-0.15, -0.1) is 0 Å². The van der Waals surface area contributed by atoms with Crippen LogP contribution in [0.3, 0.4) is 0 Å². The Labute approximate surface area is 90.1 Å². The lowest BCUT2D eigenvalue weighted by molar-refractivity contribution is -0.135. The van der Waals surface area contributed by atoms with Crippen LogP contribution in [0.4, 0.5) is 13.2 Å². The molecule has 7 heteroatoms. The lowest BCUT2D eigenvalue weighted by atomic mass is 10.1. The van der Waals surface area contributed by atoms with E-state index in [0.717, 1.165) is 0 Å². The van der Waals surface area contributed by atoms with Gasteiger partial charge in [-0.05, 0) is 5.56 Å². The first-order chi connectivity index (χ1) is 7.20. The van der Waals surface area contributed by atoms with Gasteiger partial charge >= 0.3 is 13.8 Å². The molecule has 1 aromatic rings. The van der Waals surface area contributed by atoms with E-state index < -0.39 is 25.9 Å². The van der Waals surface area contributed by atoms with Crippen molar-refractivity contribution < 1.29 is 27.5 Å². The molecule has 3 nitrogen and oxygen atoms in total. The second-order valence-corrected chi connectivity index (χ2v) is 5.14. The molecule has 0 bridgehead atoms. The van der Waals surface area contributed by atoms with Gasteiger partial charge in [-0.2, -0.15) is 13.2 Å². The standard InChI is InChI=1S/C9H10F3O3P/c10-9(11,12)6-8(16(13,14)15)7-4-2-1-3-5-7/h1-5,8H,6H2,(H2,13,14,15). The third-order valence-electron chi connectivity index (χ3n) is 2.02. The highest BCUT2D eigenvalue weighted by molar-refractivity contribution is 7.52. The minimum atomic E-state index is -4.81. The van der Waals surface area contributed by atoms with Crippen LogP contribution in [0.5, 0.6) is 0 Å². The van der Waals surface area contributed by atoms with Gasteiger partial charge in [-0.1, -0.05) is 30.3 Å². The summed E-state index contributed by atoms with van der Waals surface area (Å²) in [5, 5.41) is 0. The van der Waals surface area contributed by atoms with E-state index in [2.05, 4.69) is 0 Å². The van der Waals surface area contributed by atoms with Crippen molar-refractivity contribution in [3.8, 4) is 0 Å². The summed E-state index contributed by atoms with van der Waals surface area (Å²) < 4.78 is 47.5. The first-order valence-electron chi connectivity index (χ1n) is 4.37. The largest absolute Gasteiger partial charge is 0.390 e. The third kappa shape index (κ3) is 3.96. The Morgan fingerprint density at radius 2 is 1.69 bits per heavy atom. The normalized spacial score (nSPS) is 14.8. The summed E-state index contributed by atoms with van der Waals surface area (Å²) in [6, 6.07) is 6.99. The molecule has 0 saturated carbocycles. The average molecular weight is 254 g/mol. The highest BCUT2D eigenvalue weighted by Crippen LogP contribution is 2.56. The summed E-state index contributed by atoms with van der Waals surface area (Å²) in [5.74, 6) is 0. The quantitative estimate of drug-likeness (QED) is 0.815. The SMILES string of the molecule is O=P(O)(O)C(CC(F)(F)F)c1ccccc1. The molecule has 0 fully saturated rings. The van der Waals surface area contributed by atoms with Crippen LogP contribution in [0, 0.1) is 0 Å². The fraction of sp³-hybridized carbons (Fsp3) is 0.333. The highest BCUT2D eigenvalue weighted by atomic mass is 31.2. The van der Waals surface area contributed by atoms with Crippen LogP contribution in [-0.4, -0.2) is 16.0 Å². The fourth-order valence-electron chi connectivity index (χ4n) is 1.33. The molecule has 0 spiro atoms. The summed E-state index contributed by atoms with van der Waals surface area (Å²) >= 11 is 0. The van der Waals surface area contributed by atoms with Crippen molar-refractivity contribution in [2.45, 2.75) is 18.3 Å². The van der Waals surface area contributed by atoms with E-state index in [-0.39, 0.29) is 5.56 Å². The first kappa shape index (κ1) is 13.2. The van der Waals surface area contributed by atoms with Crippen molar-refractivity contribution in [1.29, 1.82) is 0 Å². The summed E-state index contributed by atoms with van der Waals surface area (Å²) in [5.41, 5.74) is -1.83. The Hall–Kier alpha value is -0.840. The van der Waals surface area contributed by atoms with Crippen LogP contribution in [0.1, 0.15) is 17.6 Å². The van der Waals surface area contributed by atoms with Gasteiger partial charge in [0.15, 0.2) is 0 Å². The van der Waals surface area contributed by atoms with Gasteiger partial charge < -0.3 is 9.79 Å². The smallest absolute Gasteiger partial charge is 0.324 e. The Balaban J connectivity index is 3.03. The van der Waals surface area contributed by atoms with Crippen LogP contribution >= 0.6 is 7.60 Å². The van der Waals surface area contributed by atoms with E-state index in [1.807, 2.05) is 0 Å². The lowest BCUT2D eigenvalue weighted by Crippen LogP contribution is -2.14. The predicted octanol–water partition coefficient (Wildman–Crippen LogP) is 2.86. The van der Waals surface area contributed by atoms with Gasteiger partial charge in [0.25, 0.3) is 0 Å². The van der Waals surface area contributed by atoms with Gasteiger partial charge in [0.2, 0.25) is 0 Å². The van der Waals surface area contributed by atoms with E-state index >= 15 is 0 Å². The van der Waals surface area contributed by atoms with Crippen LogP contribution in [0.2, 0.25) is 0 Å². The van der Waals surface area contributed by atoms with E-state index in [0.29, 0.717) is 0 Å². The van der Waals surface area contributed by atoms with Gasteiger partial charge in [-0.25, -0.2) is 0 Å². The van der Waals surface area contributed by atoms with E-state index in [1.165, 1.54) is 24.3 Å². The molecule has 0 amide bonds. The fourth-order valence-corrected chi connectivity index (χ4v) is 2.33. The lowest BCUT2D eigenvalue weighted by Gasteiger charge is -2.20. The molecular weight excluding hydrogens is 244 g/mol. The van der Waals surface area contributed by atoms with Gasteiger partial charge in [0.05, 0.1) is 12.1 Å². The van der Waals surface area contributed by atoms with Crippen molar-refractivity contribution in [3.05, 3.63) is 35.9 Å². The molecule has 1 unspecified atom stereocenters. The maximum absolute atomic E-state index is 12.2. The second kappa shape index (κ2) is 4.57. The maximum Gasteiger partial charge on any atom is 0.390 e. The molecule has 1 aromatic carbocycles. The third-order valence-corrected chi connectivity index (χ3v) is 3.31. The molecule has 0 aliphatic rings. The number of benzene rings is 1. The monoisotopic (exact) mass is 254 g/mol. The van der Waals surface area contributed by atoms with Crippen molar-refractivity contribution >= 4 is 7.60 Å². The van der Waals surface area contributed by atoms with Gasteiger partial charge in [0.1, 0.15) is 0 Å². The topological polar surface area (TPSA) is 57.5 Å². The van der Waals surface area contributed by atoms with Gasteiger partial charge in [0, 0.05) is 0 Å². The second-order valence-electron chi connectivity index (χ2n) is 3.33. The van der Waals surface area contributed by atoms with Crippen LogP contribution in [-0.2, 0) is 4.57 Å². The molecule has 90 valence electrons. The molecule has 0 radical (unpaired) electrons. The van der Waals surface area contributed by atoms with E-state index in [1.54, 1.807) is 6.07 Å². The maximum atomic E-state index is 12.2. The average Bonchev–Trinajstić information content (AvgIpc) is 2.13. The van der Waals surface area contributed by atoms with Crippen molar-refractivity contribution in [2.75, 3.05) is 0 Å². The number of hydrogen-bond acceptors (Lipinski definition) is 1. The number of hydrogen-bond donors (Lipinski definition) is 2. The van der Waals surface area contributed by atoms with Crippen LogP contribution < -0.4 is 0 Å². The molecule has 0 aliphatic carbocycles. The van der Waals surface area contributed by atoms with Gasteiger partial charge in [-0.3, -0.25) is 4.57 Å². The zero-order valence-corrected chi connectivity index (χ0v) is 8.95. The van der Waals surface area contributed by atoms with Crippen molar-refractivity contribution in [3.63, 3.8) is 0 Å². The zero-order chi connectivity index (χ0) is 12.4. The number of rotatable bonds is 3. The molecular formula is C9H10F3O3P. The molecule has 0 aromatic heterocycles. The minimum Gasteiger partial charge on any atom is -0.324 e. The predicted molar refractivity (Wildman–Crippen MR) is 51.9 cm³/mol. The Kier molecular flexibility index (Phi) is 3.78. The van der Waals surface area contributed by atoms with E-state index in [9.17, 15) is 17.7 Å². The molecule has 2 N–H and O–H groups in total. The number of alkyl halides is 3. The summed E-state index contributed by atoms with van der Waals surface area (Å²) in [4.78, 5) is 17.8. The molecule has 1 atom stereocenters. The first-order valence-corrected chi connectivity index (χ1v) is 6.05.